The van der Waals surface area contributed by atoms with Gasteiger partial charge in [0.25, 0.3) is 0 Å². The SMILES string of the molecule is Cc1cc(-c2ccc(C(N)=O)cc2)nc2ccc(N3CCN(C)CC3)cc12. The van der Waals surface area contributed by atoms with Crippen molar-refractivity contribution in [1.29, 1.82) is 0 Å². The van der Waals surface area contributed by atoms with E-state index in [4.69, 9.17) is 10.7 Å². The van der Waals surface area contributed by atoms with E-state index in [0.29, 0.717) is 5.56 Å². The van der Waals surface area contributed by atoms with E-state index in [9.17, 15) is 4.79 Å². The summed E-state index contributed by atoms with van der Waals surface area (Å²) in [6.45, 7) is 6.42. The molecule has 0 spiro atoms. The number of pyridine rings is 1. The van der Waals surface area contributed by atoms with Crippen LogP contribution < -0.4 is 10.6 Å². The second-order valence-corrected chi connectivity index (χ2v) is 7.26. The van der Waals surface area contributed by atoms with Gasteiger partial charge in [-0.2, -0.15) is 0 Å². The number of primary amides is 1. The van der Waals surface area contributed by atoms with Gasteiger partial charge in [-0.15, -0.1) is 0 Å². The van der Waals surface area contributed by atoms with E-state index < -0.39 is 5.91 Å². The molecule has 0 saturated carbocycles. The number of rotatable bonds is 3. The Bertz CT molecular complexity index is 989. The number of aryl methyl sites for hydroxylation is 1. The highest BCUT2D eigenvalue weighted by atomic mass is 16.1. The summed E-state index contributed by atoms with van der Waals surface area (Å²) >= 11 is 0. The first-order valence-corrected chi connectivity index (χ1v) is 9.26. The number of carbonyl (C=O) groups is 1. The van der Waals surface area contributed by atoms with Gasteiger partial charge in [0.1, 0.15) is 0 Å². The number of aromatic nitrogens is 1. The maximum Gasteiger partial charge on any atom is 0.248 e. The van der Waals surface area contributed by atoms with Crippen LogP contribution >= 0.6 is 0 Å². The lowest BCUT2D eigenvalue weighted by molar-refractivity contribution is 0.100. The van der Waals surface area contributed by atoms with E-state index >= 15 is 0 Å². The average Bonchev–Trinajstić information content (AvgIpc) is 2.68. The highest BCUT2D eigenvalue weighted by molar-refractivity contribution is 5.93. The first-order chi connectivity index (χ1) is 13.0. The van der Waals surface area contributed by atoms with Crippen LogP contribution in [0.4, 0.5) is 5.69 Å². The first kappa shape index (κ1) is 17.5. The van der Waals surface area contributed by atoms with E-state index in [1.54, 1.807) is 12.1 Å². The normalized spacial score (nSPS) is 15.3. The first-order valence-electron chi connectivity index (χ1n) is 9.26. The number of carbonyl (C=O) groups excluding carboxylic acids is 1. The van der Waals surface area contributed by atoms with Crippen molar-refractivity contribution in [2.75, 3.05) is 38.1 Å². The molecule has 5 nitrogen and oxygen atoms in total. The van der Waals surface area contributed by atoms with Crippen molar-refractivity contribution in [3.05, 3.63) is 59.7 Å². The highest BCUT2D eigenvalue weighted by Crippen LogP contribution is 2.28. The van der Waals surface area contributed by atoms with Crippen molar-refractivity contribution in [2.24, 2.45) is 5.73 Å². The molecule has 4 rings (SSSR count). The standard InChI is InChI=1S/C22H24N4O/c1-15-13-21(16-3-5-17(6-4-16)22(23)27)24-20-8-7-18(14-19(15)20)26-11-9-25(2)10-12-26/h3-8,13-14H,9-12H2,1-2H3,(H2,23,27). The lowest BCUT2D eigenvalue weighted by Gasteiger charge is -2.34. The number of nitrogens with zero attached hydrogens (tertiary/aromatic N) is 3. The van der Waals surface area contributed by atoms with Gasteiger partial charge in [0, 0.05) is 48.4 Å². The monoisotopic (exact) mass is 360 g/mol. The predicted molar refractivity (Wildman–Crippen MR) is 110 cm³/mol. The van der Waals surface area contributed by atoms with Gasteiger partial charge < -0.3 is 15.5 Å². The number of hydrogen-bond acceptors (Lipinski definition) is 4. The Kier molecular flexibility index (Phi) is 4.54. The van der Waals surface area contributed by atoms with Gasteiger partial charge in [0.05, 0.1) is 11.2 Å². The summed E-state index contributed by atoms with van der Waals surface area (Å²) in [5.41, 5.74) is 11.2. The molecule has 1 aliphatic rings. The number of benzene rings is 2. The summed E-state index contributed by atoms with van der Waals surface area (Å²) in [5, 5.41) is 1.18. The van der Waals surface area contributed by atoms with Gasteiger partial charge in [-0.1, -0.05) is 12.1 Å². The van der Waals surface area contributed by atoms with Crippen molar-refractivity contribution in [3.63, 3.8) is 0 Å². The fourth-order valence-corrected chi connectivity index (χ4v) is 3.60. The molecule has 2 aromatic carbocycles. The maximum absolute atomic E-state index is 11.3. The lowest BCUT2D eigenvalue weighted by Crippen LogP contribution is -2.44. The molecular formula is C22H24N4O. The van der Waals surface area contributed by atoms with Gasteiger partial charge in [-0.25, -0.2) is 4.98 Å². The molecule has 0 atom stereocenters. The van der Waals surface area contributed by atoms with Crippen LogP contribution in [0.1, 0.15) is 15.9 Å². The van der Waals surface area contributed by atoms with Crippen molar-refractivity contribution < 1.29 is 4.79 Å². The molecule has 1 saturated heterocycles. The Morgan fingerprint density at radius 1 is 1.00 bits per heavy atom. The molecule has 1 aliphatic heterocycles. The fraction of sp³-hybridized carbons (Fsp3) is 0.273. The molecular weight excluding hydrogens is 336 g/mol. The number of piperazine rings is 1. The molecule has 1 amide bonds. The third-order valence-electron chi connectivity index (χ3n) is 5.33. The maximum atomic E-state index is 11.3. The molecule has 0 bridgehead atoms. The topological polar surface area (TPSA) is 62.5 Å². The smallest absolute Gasteiger partial charge is 0.248 e. The summed E-state index contributed by atoms with van der Waals surface area (Å²) in [7, 11) is 2.17. The van der Waals surface area contributed by atoms with Crippen LogP contribution in [-0.4, -0.2) is 49.0 Å². The second kappa shape index (κ2) is 7.00. The number of anilines is 1. The average molecular weight is 360 g/mol. The Balaban J connectivity index is 1.68. The zero-order valence-corrected chi connectivity index (χ0v) is 15.8. The molecule has 2 heterocycles. The van der Waals surface area contributed by atoms with Crippen LogP contribution in [0.2, 0.25) is 0 Å². The molecule has 27 heavy (non-hydrogen) atoms. The lowest BCUT2D eigenvalue weighted by atomic mass is 10.0. The van der Waals surface area contributed by atoms with Crippen molar-refractivity contribution in [2.45, 2.75) is 6.92 Å². The van der Waals surface area contributed by atoms with Gasteiger partial charge in [0.2, 0.25) is 5.91 Å². The van der Waals surface area contributed by atoms with E-state index in [0.717, 1.165) is 43.0 Å². The number of nitrogens with two attached hydrogens (primary N) is 1. The van der Waals surface area contributed by atoms with Gasteiger partial charge in [0.15, 0.2) is 0 Å². The number of amides is 1. The summed E-state index contributed by atoms with van der Waals surface area (Å²) in [6, 6.07) is 15.9. The highest BCUT2D eigenvalue weighted by Gasteiger charge is 2.15. The second-order valence-electron chi connectivity index (χ2n) is 7.26. The minimum atomic E-state index is -0.416. The number of hydrogen-bond donors (Lipinski definition) is 1. The van der Waals surface area contributed by atoms with Crippen molar-refractivity contribution in [1.82, 2.24) is 9.88 Å². The van der Waals surface area contributed by atoms with Gasteiger partial charge in [-0.3, -0.25) is 4.79 Å². The van der Waals surface area contributed by atoms with Gasteiger partial charge >= 0.3 is 0 Å². The molecule has 1 aromatic heterocycles. The minimum absolute atomic E-state index is 0.416. The Morgan fingerprint density at radius 3 is 2.37 bits per heavy atom. The van der Waals surface area contributed by atoms with E-state index in [2.05, 4.69) is 48.0 Å². The zero-order valence-electron chi connectivity index (χ0n) is 15.8. The van der Waals surface area contributed by atoms with Crippen LogP contribution in [-0.2, 0) is 0 Å². The molecule has 138 valence electrons. The molecule has 0 radical (unpaired) electrons. The largest absolute Gasteiger partial charge is 0.369 e. The molecule has 3 aromatic rings. The fourth-order valence-electron chi connectivity index (χ4n) is 3.60. The van der Waals surface area contributed by atoms with Crippen LogP contribution in [0.3, 0.4) is 0 Å². The Morgan fingerprint density at radius 2 is 1.70 bits per heavy atom. The molecule has 0 unspecified atom stereocenters. The predicted octanol–water partition coefficient (Wildman–Crippen LogP) is 3.06. The van der Waals surface area contributed by atoms with Crippen LogP contribution in [0.15, 0.2) is 48.5 Å². The minimum Gasteiger partial charge on any atom is -0.369 e. The molecule has 2 N–H and O–H groups in total. The number of likely N-dealkylation sites (N-methyl/N-ethyl adjacent to an activating group) is 1. The Labute approximate surface area is 159 Å². The van der Waals surface area contributed by atoms with Crippen molar-refractivity contribution >= 4 is 22.5 Å². The molecule has 0 aliphatic carbocycles. The molecule has 5 heteroatoms. The third-order valence-corrected chi connectivity index (χ3v) is 5.33. The van der Waals surface area contributed by atoms with E-state index in [-0.39, 0.29) is 0 Å². The van der Waals surface area contributed by atoms with Crippen molar-refractivity contribution in [3.8, 4) is 11.3 Å². The summed E-state index contributed by atoms with van der Waals surface area (Å²) in [5.74, 6) is -0.416. The number of fused-ring (bicyclic) bond motifs is 1. The third kappa shape index (κ3) is 3.51. The Hall–Kier alpha value is -2.92. The van der Waals surface area contributed by atoms with Crippen LogP contribution in [0.25, 0.3) is 22.2 Å². The molecule has 1 fully saturated rings. The van der Waals surface area contributed by atoms with E-state index in [1.165, 1.54) is 16.6 Å². The zero-order chi connectivity index (χ0) is 19.0. The van der Waals surface area contributed by atoms with Crippen LogP contribution in [0.5, 0.6) is 0 Å². The quantitative estimate of drug-likeness (QED) is 0.780. The van der Waals surface area contributed by atoms with Crippen LogP contribution in [0, 0.1) is 6.92 Å². The van der Waals surface area contributed by atoms with E-state index in [1.807, 2.05) is 12.1 Å². The summed E-state index contributed by atoms with van der Waals surface area (Å²) in [4.78, 5) is 20.9. The summed E-state index contributed by atoms with van der Waals surface area (Å²) < 4.78 is 0. The summed E-state index contributed by atoms with van der Waals surface area (Å²) in [6.07, 6.45) is 0. The van der Waals surface area contributed by atoms with Gasteiger partial charge in [-0.05, 0) is 55.9 Å².